The molecule has 1 heterocycles. The van der Waals surface area contributed by atoms with Gasteiger partial charge in [0, 0.05) is 25.8 Å². The Hall–Kier alpha value is -2.03. The van der Waals surface area contributed by atoms with Crippen LogP contribution in [0.2, 0.25) is 0 Å². The normalized spacial score (nSPS) is 14.7. The molecule has 168 valence electrons. The Morgan fingerprint density at radius 3 is 2.65 bits per heavy atom. The lowest BCUT2D eigenvalue weighted by Gasteiger charge is -2.28. The molecule has 0 saturated heterocycles. The lowest BCUT2D eigenvalue weighted by Crippen LogP contribution is -2.46. The predicted molar refractivity (Wildman–Crippen MR) is 128 cm³/mol. The highest BCUT2D eigenvalue weighted by atomic mass is 32.2. The van der Waals surface area contributed by atoms with Gasteiger partial charge in [-0.15, -0.1) is 0 Å². The molecule has 0 saturated carbocycles. The number of aryl methyl sites for hydroxylation is 2. The van der Waals surface area contributed by atoms with Gasteiger partial charge in [-0.2, -0.15) is 16.5 Å². The van der Waals surface area contributed by atoms with E-state index in [1.807, 2.05) is 19.2 Å². The Morgan fingerprint density at radius 1 is 1.19 bits per heavy atom. The van der Waals surface area contributed by atoms with E-state index in [9.17, 15) is 13.2 Å². The topological polar surface area (TPSA) is 78.5 Å². The van der Waals surface area contributed by atoms with Gasteiger partial charge in [0.1, 0.15) is 6.04 Å². The summed E-state index contributed by atoms with van der Waals surface area (Å²) in [4.78, 5) is 15.3. The molecule has 31 heavy (non-hydrogen) atoms. The minimum Gasteiger partial charge on any atom is -0.374 e. The fourth-order valence-electron chi connectivity index (χ4n) is 3.71. The summed E-state index contributed by atoms with van der Waals surface area (Å²) in [6.45, 7) is 3.33. The highest BCUT2D eigenvalue weighted by molar-refractivity contribution is 7.98. The maximum atomic E-state index is 12.9. The summed E-state index contributed by atoms with van der Waals surface area (Å²) in [5.74, 6) is 0.374. The van der Waals surface area contributed by atoms with Crippen LogP contribution in [0.5, 0.6) is 0 Å². The Bertz CT molecular complexity index is 1010. The van der Waals surface area contributed by atoms with Crippen LogP contribution in [0, 0.1) is 6.92 Å². The number of sulfonamides is 1. The molecule has 6 nitrogen and oxygen atoms in total. The van der Waals surface area contributed by atoms with Crippen LogP contribution in [0.4, 0.5) is 5.69 Å². The fourth-order valence-corrected chi connectivity index (χ4v) is 5.41. The van der Waals surface area contributed by atoms with E-state index < -0.39 is 16.1 Å². The van der Waals surface area contributed by atoms with Gasteiger partial charge in [-0.1, -0.05) is 29.8 Å². The summed E-state index contributed by atoms with van der Waals surface area (Å²) >= 11 is 1.58. The number of nitrogens with zero attached hydrogens (tertiary/aromatic N) is 1. The van der Waals surface area contributed by atoms with Crippen molar-refractivity contribution in [3.63, 3.8) is 0 Å². The third-order valence-electron chi connectivity index (χ3n) is 5.52. The fraction of sp³-hybridized carbons (Fsp3) is 0.435. The van der Waals surface area contributed by atoms with Gasteiger partial charge < -0.3 is 10.2 Å². The number of thioether (sulfide) groups is 1. The number of fused-ring (bicyclic) bond motifs is 1. The summed E-state index contributed by atoms with van der Waals surface area (Å²) in [7, 11) is -1.69. The molecule has 0 aromatic heterocycles. The molecule has 2 N–H and O–H groups in total. The number of anilines is 1. The number of carbonyl (C=O) groups excluding carboxylic acids is 1. The molecule has 1 aliphatic heterocycles. The molecular weight excluding hydrogens is 430 g/mol. The van der Waals surface area contributed by atoms with Gasteiger partial charge in [-0.25, -0.2) is 8.42 Å². The molecule has 0 spiro atoms. The molecule has 1 amide bonds. The highest BCUT2D eigenvalue weighted by Crippen LogP contribution is 2.26. The second-order valence-electron chi connectivity index (χ2n) is 7.97. The van der Waals surface area contributed by atoms with Crippen LogP contribution in [0.3, 0.4) is 0 Å². The van der Waals surface area contributed by atoms with E-state index in [0.717, 1.165) is 30.5 Å². The SMILES string of the molecule is CSCCC(NS(=O)(=O)c1ccc(C)cc1)C(=O)NCc1ccc2c(c1)CCCN2C. The third kappa shape index (κ3) is 6.24. The number of amides is 1. The largest absolute Gasteiger partial charge is 0.374 e. The molecule has 2 aromatic rings. The zero-order valence-corrected chi connectivity index (χ0v) is 20.0. The van der Waals surface area contributed by atoms with Crippen molar-refractivity contribution in [3.05, 3.63) is 59.2 Å². The van der Waals surface area contributed by atoms with E-state index in [0.29, 0.717) is 18.7 Å². The van der Waals surface area contributed by atoms with Gasteiger partial charge in [0.05, 0.1) is 4.90 Å². The summed E-state index contributed by atoms with van der Waals surface area (Å²) in [6, 6.07) is 12.1. The smallest absolute Gasteiger partial charge is 0.241 e. The summed E-state index contributed by atoms with van der Waals surface area (Å²) in [5.41, 5.74) is 4.53. The van der Waals surface area contributed by atoms with Gasteiger partial charge in [0.25, 0.3) is 0 Å². The number of rotatable bonds is 9. The minimum absolute atomic E-state index is 0.166. The van der Waals surface area contributed by atoms with Crippen molar-refractivity contribution < 1.29 is 13.2 Å². The van der Waals surface area contributed by atoms with Crippen molar-refractivity contribution in [3.8, 4) is 0 Å². The van der Waals surface area contributed by atoms with Gasteiger partial charge in [0.15, 0.2) is 0 Å². The van der Waals surface area contributed by atoms with E-state index in [2.05, 4.69) is 34.1 Å². The Kier molecular flexibility index (Phi) is 8.02. The number of benzene rings is 2. The van der Waals surface area contributed by atoms with Gasteiger partial charge in [-0.3, -0.25) is 4.79 Å². The molecule has 3 rings (SSSR count). The first-order chi connectivity index (χ1) is 14.8. The molecule has 0 radical (unpaired) electrons. The standard InChI is InChI=1S/C23H31N3O3S2/c1-17-6-9-20(10-7-17)31(28,29)25-21(12-14-30-3)23(27)24-16-18-8-11-22-19(15-18)5-4-13-26(22)2/h6-11,15,21,25H,4-5,12-14,16H2,1-3H3,(H,24,27). The maximum absolute atomic E-state index is 12.9. The van der Waals surface area contributed by atoms with E-state index in [1.54, 1.807) is 36.0 Å². The van der Waals surface area contributed by atoms with Gasteiger partial charge >= 0.3 is 0 Å². The first-order valence-corrected chi connectivity index (χ1v) is 13.4. The van der Waals surface area contributed by atoms with Crippen molar-refractivity contribution in [1.82, 2.24) is 10.0 Å². The van der Waals surface area contributed by atoms with Crippen molar-refractivity contribution in [2.45, 2.75) is 43.7 Å². The van der Waals surface area contributed by atoms with Crippen LogP contribution in [-0.4, -0.2) is 46.0 Å². The number of nitrogens with one attached hydrogen (secondary N) is 2. The predicted octanol–water partition coefficient (Wildman–Crippen LogP) is 3.09. The number of hydrogen-bond acceptors (Lipinski definition) is 5. The van der Waals surface area contributed by atoms with Gasteiger partial charge in [0.2, 0.25) is 15.9 Å². The minimum atomic E-state index is -3.78. The molecule has 1 atom stereocenters. The highest BCUT2D eigenvalue weighted by Gasteiger charge is 2.25. The van der Waals surface area contributed by atoms with Crippen LogP contribution < -0.4 is 14.9 Å². The Balaban J connectivity index is 1.67. The molecule has 0 aliphatic carbocycles. The molecule has 1 unspecified atom stereocenters. The Labute approximate surface area is 189 Å². The molecule has 0 fully saturated rings. The number of hydrogen-bond donors (Lipinski definition) is 2. The monoisotopic (exact) mass is 461 g/mol. The van der Waals surface area contributed by atoms with E-state index in [1.165, 1.54) is 11.3 Å². The average Bonchev–Trinajstić information content (AvgIpc) is 2.75. The van der Waals surface area contributed by atoms with Crippen LogP contribution in [0.1, 0.15) is 29.5 Å². The first-order valence-electron chi connectivity index (χ1n) is 10.5. The lowest BCUT2D eigenvalue weighted by molar-refractivity contribution is -0.122. The van der Waals surface area contributed by atoms with E-state index in [-0.39, 0.29) is 10.8 Å². The maximum Gasteiger partial charge on any atom is 0.241 e. The molecule has 0 bridgehead atoms. The zero-order valence-electron chi connectivity index (χ0n) is 18.3. The second kappa shape index (κ2) is 10.5. The van der Waals surface area contributed by atoms with Crippen molar-refractivity contribution in [2.24, 2.45) is 0 Å². The van der Waals surface area contributed by atoms with E-state index >= 15 is 0 Å². The third-order valence-corrected chi connectivity index (χ3v) is 7.65. The van der Waals surface area contributed by atoms with Crippen LogP contribution in [-0.2, 0) is 27.8 Å². The van der Waals surface area contributed by atoms with Gasteiger partial charge in [-0.05, 0) is 67.5 Å². The molecule has 1 aliphatic rings. The second-order valence-corrected chi connectivity index (χ2v) is 10.7. The zero-order chi connectivity index (χ0) is 22.4. The summed E-state index contributed by atoms with van der Waals surface area (Å²) < 4.78 is 28.2. The number of carbonyl (C=O) groups is 1. The van der Waals surface area contributed by atoms with E-state index in [4.69, 9.17) is 0 Å². The first kappa shape index (κ1) is 23.6. The molecule has 8 heteroatoms. The van der Waals surface area contributed by atoms with Crippen LogP contribution in [0.15, 0.2) is 47.4 Å². The quantitative estimate of drug-likeness (QED) is 0.600. The summed E-state index contributed by atoms with van der Waals surface area (Å²) in [5, 5.41) is 2.92. The van der Waals surface area contributed by atoms with Crippen LogP contribution >= 0.6 is 11.8 Å². The molecule has 2 aromatic carbocycles. The Morgan fingerprint density at radius 2 is 1.94 bits per heavy atom. The van der Waals surface area contributed by atoms with Crippen molar-refractivity contribution >= 4 is 33.4 Å². The molecular formula is C23H31N3O3S2. The van der Waals surface area contributed by atoms with Crippen molar-refractivity contribution in [1.29, 1.82) is 0 Å². The van der Waals surface area contributed by atoms with Crippen molar-refractivity contribution in [2.75, 3.05) is 30.5 Å². The average molecular weight is 462 g/mol. The summed E-state index contributed by atoms with van der Waals surface area (Å²) in [6.07, 6.45) is 4.52. The van der Waals surface area contributed by atoms with Crippen LogP contribution in [0.25, 0.3) is 0 Å². The lowest BCUT2D eigenvalue weighted by atomic mass is 9.99.